The quantitative estimate of drug-likeness (QED) is 0.797. The van der Waals surface area contributed by atoms with Gasteiger partial charge < -0.3 is 9.80 Å². The van der Waals surface area contributed by atoms with E-state index in [1.165, 1.54) is 12.0 Å². The van der Waals surface area contributed by atoms with Crippen LogP contribution in [0.15, 0.2) is 48.5 Å². The molecule has 1 saturated heterocycles. The first kappa shape index (κ1) is 17.9. The molecule has 146 valence electrons. The lowest BCUT2D eigenvalue weighted by atomic mass is 9.64. The van der Waals surface area contributed by atoms with Crippen molar-refractivity contribution in [1.82, 2.24) is 4.90 Å². The molecular weight excluding hydrogens is 351 g/mol. The summed E-state index contributed by atoms with van der Waals surface area (Å²) in [5, 5.41) is 0. The molecule has 0 N–H and O–H groups in total. The summed E-state index contributed by atoms with van der Waals surface area (Å²) >= 11 is 0. The average molecular weight is 378 g/mol. The van der Waals surface area contributed by atoms with Gasteiger partial charge in [-0.25, -0.2) is 4.39 Å². The summed E-state index contributed by atoms with van der Waals surface area (Å²) in [5.74, 6) is 2.02. The number of hydrogen-bond donors (Lipinski definition) is 0. The van der Waals surface area contributed by atoms with Crippen LogP contribution in [0.5, 0.6) is 0 Å². The van der Waals surface area contributed by atoms with E-state index in [9.17, 15) is 9.18 Å². The first-order valence-electron chi connectivity index (χ1n) is 10.3. The van der Waals surface area contributed by atoms with Gasteiger partial charge in [-0.15, -0.1) is 0 Å². The van der Waals surface area contributed by atoms with Crippen molar-refractivity contribution in [2.75, 3.05) is 31.1 Å². The van der Waals surface area contributed by atoms with Crippen molar-refractivity contribution in [1.29, 1.82) is 0 Å². The number of nitrogens with zero attached hydrogens (tertiary/aromatic N) is 2. The number of halogens is 1. The molecule has 0 radical (unpaired) electrons. The highest BCUT2D eigenvalue weighted by molar-refractivity contribution is 6.07. The van der Waals surface area contributed by atoms with Gasteiger partial charge in [-0.2, -0.15) is 0 Å². The molecule has 4 heteroatoms. The third-order valence-corrected chi connectivity index (χ3v) is 7.23. The van der Waals surface area contributed by atoms with E-state index < -0.39 is 5.41 Å². The van der Waals surface area contributed by atoms with Gasteiger partial charge in [0.05, 0.1) is 5.41 Å². The molecule has 2 aromatic carbocycles. The summed E-state index contributed by atoms with van der Waals surface area (Å²) in [6.45, 7) is 7.92. The van der Waals surface area contributed by atoms with Crippen LogP contribution in [0.4, 0.5) is 10.1 Å². The lowest BCUT2D eigenvalue weighted by Crippen LogP contribution is -2.40. The molecule has 3 unspecified atom stereocenters. The standard InChI is InChI=1S/C24H27FN2O/c1-24(2)21-5-3-4-6-22(21)27(23(24)28)12-11-26-14-17-13-19(20(17)15-26)16-7-9-18(25)10-8-16/h3-10,17,19-20H,11-15H2,1-2H3. The second-order valence-electron chi connectivity index (χ2n) is 9.18. The second kappa shape index (κ2) is 6.41. The highest BCUT2D eigenvalue weighted by Crippen LogP contribution is 2.51. The lowest BCUT2D eigenvalue weighted by Gasteiger charge is -2.40. The van der Waals surface area contributed by atoms with E-state index in [1.807, 2.05) is 43.0 Å². The molecule has 2 heterocycles. The molecule has 0 aromatic heterocycles. The Morgan fingerprint density at radius 2 is 1.79 bits per heavy atom. The minimum absolute atomic E-state index is 0.161. The van der Waals surface area contributed by atoms with Gasteiger partial charge in [0.15, 0.2) is 0 Å². The predicted octanol–water partition coefficient (Wildman–Crippen LogP) is 4.19. The summed E-state index contributed by atoms with van der Waals surface area (Å²) in [6.07, 6.45) is 1.20. The number of fused-ring (bicyclic) bond motifs is 2. The molecular formula is C24H27FN2O. The molecule has 0 bridgehead atoms. The van der Waals surface area contributed by atoms with E-state index in [0.29, 0.717) is 11.8 Å². The van der Waals surface area contributed by atoms with Gasteiger partial charge in [0, 0.05) is 31.9 Å². The summed E-state index contributed by atoms with van der Waals surface area (Å²) < 4.78 is 13.2. The van der Waals surface area contributed by atoms with Gasteiger partial charge >= 0.3 is 0 Å². The van der Waals surface area contributed by atoms with Crippen molar-refractivity contribution in [3.63, 3.8) is 0 Å². The molecule has 5 rings (SSSR count). The number of carbonyl (C=O) groups is 1. The minimum atomic E-state index is -0.436. The van der Waals surface area contributed by atoms with Crippen LogP contribution < -0.4 is 4.90 Å². The number of likely N-dealkylation sites (tertiary alicyclic amines) is 1. The topological polar surface area (TPSA) is 23.6 Å². The molecule has 3 nitrogen and oxygen atoms in total. The van der Waals surface area contributed by atoms with Crippen molar-refractivity contribution < 1.29 is 9.18 Å². The molecule has 1 amide bonds. The Balaban J connectivity index is 1.23. The number of benzene rings is 2. The van der Waals surface area contributed by atoms with E-state index in [4.69, 9.17) is 0 Å². The first-order chi connectivity index (χ1) is 13.4. The highest BCUT2D eigenvalue weighted by Gasteiger charge is 2.48. The molecule has 28 heavy (non-hydrogen) atoms. The molecule has 3 atom stereocenters. The molecule has 2 aliphatic heterocycles. The summed E-state index contributed by atoms with van der Waals surface area (Å²) in [4.78, 5) is 17.5. The molecule has 1 aliphatic carbocycles. The zero-order valence-electron chi connectivity index (χ0n) is 16.6. The maximum atomic E-state index is 13.2. The van der Waals surface area contributed by atoms with Gasteiger partial charge in [0.1, 0.15) is 5.82 Å². The molecule has 1 saturated carbocycles. The van der Waals surface area contributed by atoms with Crippen LogP contribution in [0.1, 0.15) is 37.3 Å². The maximum Gasteiger partial charge on any atom is 0.237 e. The number of carbonyl (C=O) groups excluding carboxylic acids is 1. The first-order valence-corrected chi connectivity index (χ1v) is 10.3. The van der Waals surface area contributed by atoms with Gasteiger partial charge in [-0.3, -0.25) is 4.79 Å². The zero-order chi connectivity index (χ0) is 19.5. The van der Waals surface area contributed by atoms with E-state index in [-0.39, 0.29) is 11.7 Å². The van der Waals surface area contributed by atoms with Gasteiger partial charge in [0.25, 0.3) is 0 Å². The van der Waals surface area contributed by atoms with E-state index in [0.717, 1.165) is 43.3 Å². The number of amides is 1. The third kappa shape index (κ3) is 2.69. The monoisotopic (exact) mass is 378 g/mol. The molecule has 2 fully saturated rings. The van der Waals surface area contributed by atoms with Crippen LogP contribution in [-0.4, -0.2) is 37.0 Å². The van der Waals surface area contributed by atoms with Crippen LogP contribution in [0, 0.1) is 17.7 Å². The Bertz CT molecular complexity index is 907. The Labute approximate surface area is 166 Å². The zero-order valence-corrected chi connectivity index (χ0v) is 16.6. The van der Waals surface area contributed by atoms with Gasteiger partial charge in [-0.1, -0.05) is 30.3 Å². The van der Waals surface area contributed by atoms with E-state index >= 15 is 0 Å². The fourth-order valence-corrected chi connectivity index (χ4v) is 5.54. The third-order valence-electron chi connectivity index (χ3n) is 7.23. The predicted molar refractivity (Wildman–Crippen MR) is 109 cm³/mol. The number of rotatable bonds is 4. The van der Waals surface area contributed by atoms with Crippen molar-refractivity contribution in [3.8, 4) is 0 Å². The molecule has 0 spiro atoms. The largest absolute Gasteiger partial charge is 0.310 e. The van der Waals surface area contributed by atoms with Crippen molar-refractivity contribution in [2.24, 2.45) is 11.8 Å². The maximum absolute atomic E-state index is 13.2. The average Bonchev–Trinajstić information content (AvgIpc) is 3.09. The van der Waals surface area contributed by atoms with Crippen molar-refractivity contribution >= 4 is 11.6 Å². The Kier molecular flexibility index (Phi) is 4.09. The summed E-state index contributed by atoms with van der Waals surface area (Å²) in [6, 6.07) is 15.2. The lowest BCUT2D eigenvalue weighted by molar-refractivity contribution is -0.122. The highest BCUT2D eigenvalue weighted by atomic mass is 19.1. The van der Waals surface area contributed by atoms with Crippen LogP contribution in [0.3, 0.4) is 0 Å². The Hall–Kier alpha value is -2.20. The fraction of sp³-hybridized carbons (Fsp3) is 0.458. The number of hydrogen-bond acceptors (Lipinski definition) is 2. The Morgan fingerprint density at radius 3 is 2.57 bits per heavy atom. The molecule has 3 aliphatic rings. The molecule has 2 aromatic rings. The SMILES string of the molecule is CC1(C)C(=O)N(CCN2CC3CC(c4ccc(F)cc4)C3C2)c2ccccc21. The van der Waals surface area contributed by atoms with E-state index in [1.54, 1.807) is 12.1 Å². The van der Waals surface area contributed by atoms with Crippen molar-refractivity contribution in [3.05, 3.63) is 65.5 Å². The minimum Gasteiger partial charge on any atom is -0.310 e. The van der Waals surface area contributed by atoms with Crippen LogP contribution >= 0.6 is 0 Å². The van der Waals surface area contributed by atoms with Crippen molar-refractivity contribution in [2.45, 2.75) is 31.6 Å². The van der Waals surface area contributed by atoms with Crippen LogP contribution in [0.2, 0.25) is 0 Å². The van der Waals surface area contributed by atoms with Gasteiger partial charge in [0.2, 0.25) is 5.91 Å². The number of anilines is 1. The van der Waals surface area contributed by atoms with Crippen LogP contribution in [-0.2, 0) is 10.2 Å². The fourth-order valence-electron chi connectivity index (χ4n) is 5.54. The van der Waals surface area contributed by atoms with Crippen LogP contribution in [0.25, 0.3) is 0 Å². The van der Waals surface area contributed by atoms with Gasteiger partial charge in [-0.05, 0) is 67.3 Å². The smallest absolute Gasteiger partial charge is 0.237 e. The summed E-state index contributed by atoms with van der Waals surface area (Å²) in [7, 11) is 0. The normalized spacial score (nSPS) is 28.2. The summed E-state index contributed by atoms with van der Waals surface area (Å²) in [5.41, 5.74) is 3.05. The van der Waals surface area contributed by atoms with E-state index in [2.05, 4.69) is 17.0 Å². The number of para-hydroxylation sites is 1. The Morgan fingerprint density at radius 1 is 1.04 bits per heavy atom. The second-order valence-corrected chi connectivity index (χ2v) is 9.18.